The summed E-state index contributed by atoms with van der Waals surface area (Å²) >= 11 is 3.36. The van der Waals surface area contributed by atoms with Crippen LogP contribution in [0.3, 0.4) is 0 Å². The number of imidazole rings is 1. The van der Waals surface area contributed by atoms with Crippen molar-refractivity contribution in [1.29, 1.82) is 0 Å². The highest BCUT2D eigenvalue weighted by atomic mass is 79.9. The topological polar surface area (TPSA) is 88.3 Å². The molecule has 1 unspecified atom stereocenters. The number of pyridine rings is 1. The van der Waals surface area contributed by atoms with Crippen LogP contribution in [0.4, 0.5) is 0 Å². The standard InChI is InChI=1S/C22H19BrN4O3/c23-16-7-5-15(6-8-16)20(28)18-19(17-4-1-2-9-25-17)27(22(30)21(18)29)12-3-11-26-13-10-24-14-26/h1-2,4-10,13-14,19,28H,3,11-12H2/b20-18-. The van der Waals surface area contributed by atoms with Crippen molar-refractivity contribution in [1.82, 2.24) is 19.4 Å². The molecule has 7 nitrogen and oxygen atoms in total. The monoisotopic (exact) mass is 466 g/mol. The van der Waals surface area contributed by atoms with E-state index in [0.717, 1.165) is 4.47 Å². The molecule has 0 bridgehead atoms. The van der Waals surface area contributed by atoms with Crippen LogP contribution in [0.1, 0.15) is 23.7 Å². The van der Waals surface area contributed by atoms with Gasteiger partial charge in [0.05, 0.1) is 17.6 Å². The Morgan fingerprint density at radius 3 is 2.53 bits per heavy atom. The first kappa shape index (κ1) is 20.0. The molecule has 0 radical (unpaired) electrons. The van der Waals surface area contributed by atoms with Crippen LogP contribution in [-0.2, 0) is 16.1 Å². The average molecular weight is 467 g/mol. The number of aliphatic hydroxyl groups is 1. The number of halogens is 1. The fourth-order valence-electron chi connectivity index (χ4n) is 3.56. The number of likely N-dealkylation sites (tertiary alicyclic amines) is 1. The van der Waals surface area contributed by atoms with E-state index in [1.165, 1.54) is 4.90 Å². The average Bonchev–Trinajstić information content (AvgIpc) is 3.37. The maximum Gasteiger partial charge on any atom is 0.295 e. The molecule has 1 fully saturated rings. The number of rotatable bonds is 6. The number of ketones is 1. The molecule has 1 amide bonds. The van der Waals surface area contributed by atoms with Gasteiger partial charge in [0.1, 0.15) is 11.8 Å². The van der Waals surface area contributed by atoms with Gasteiger partial charge in [-0.2, -0.15) is 0 Å². The molecule has 1 aliphatic rings. The summed E-state index contributed by atoms with van der Waals surface area (Å²) in [4.78, 5) is 35.6. The van der Waals surface area contributed by atoms with Crippen molar-refractivity contribution in [2.45, 2.75) is 19.0 Å². The maximum atomic E-state index is 12.9. The molecule has 1 aromatic carbocycles. The molecular formula is C22H19BrN4O3. The van der Waals surface area contributed by atoms with Crippen molar-refractivity contribution in [3.63, 3.8) is 0 Å². The largest absolute Gasteiger partial charge is 0.507 e. The smallest absolute Gasteiger partial charge is 0.295 e. The van der Waals surface area contributed by atoms with Gasteiger partial charge in [-0.1, -0.05) is 34.1 Å². The Morgan fingerprint density at radius 2 is 1.87 bits per heavy atom. The molecule has 1 aliphatic heterocycles. The summed E-state index contributed by atoms with van der Waals surface area (Å²) in [6.45, 7) is 1.01. The van der Waals surface area contributed by atoms with Gasteiger partial charge in [-0.25, -0.2) is 4.98 Å². The van der Waals surface area contributed by atoms with Gasteiger partial charge >= 0.3 is 0 Å². The van der Waals surface area contributed by atoms with Crippen LogP contribution in [0.15, 0.2) is 77.4 Å². The fourth-order valence-corrected chi connectivity index (χ4v) is 3.83. The van der Waals surface area contributed by atoms with E-state index in [-0.39, 0.29) is 11.3 Å². The summed E-state index contributed by atoms with van der Waals surface area (Å²) < 4.78 is 2.76. The van der Waals surface area contributed by atoms with Crippen LogP contribution in [0.2, 0.25) is 0 Å². The first-order valence-corrected chi connectivity index (χ1v) is 10.3. The normalized spacial score (nSPS) is 18.2. The van der Waals surface area contributed by atoms with Gasteiger partial charge in [-0.05, 0) is 30.7 Å². The van der Waals surface area contributed by atoms with Gasteiger partial charge in [0.25, 0.3) is 11.7 Å². The molecule has 2 aromatic heterocycles. The Bertz CT molecular complexity index is 1080. The number of carbonyl (C=O) groups excluding carboxylic acids is 2. The van der Waals surface area contributed by atoms with Crippen LogP contribution in [0, 0.1) is 0 Å². The van der Waals surface area contributed by atoms with Gasteiger partial charge in [-0.15, -0.1) is 0 Å². The van der Waals surface area contributed by atoms with E-state index in [1.54, 1.807) is 61.2 Å². The van der Waals surface area contributed by atoms with E-state index in [4.69, 9.17) is 0 Å². The first-order chi connectivity index (χ1) is 14.6. The van der Waals surface area contributed by atoms with E-state index in [9.17, 15) is 14.7 Å². The summed E-state index contributed by atoms with van der Waals surface area (Å²) in [6.07, 6.45) is 7.49. The fraction of sp³-hybridized carbons (Fsp3) is 0.182. The number of aliphatic hydroxyl groups excluding tert-OH is 1. The lowest BCUT2D eigenvalue weighted by molar-refractivity contribution is -0.140. The molecule has 0 aliphatic carbocycles. The van der Waals surface area contributed by atoms with Crippen molar-refractivity contribution in [3.05, 3.63) is 88.7 Å². The number of nitrogens with zero attached hydrogens (tertiary/aromatic N) is 4. The maximum absolute atomic E-state index is 12.9. The third-order valence-electron chi connectivity index (χ3n) is 5.00. The lowest BCUT2D eigenvalue weighted by Gasteiger charge is -2.24. The molecule has 0 saturated carbocycles. The summed E-state index contributed by atoms with van der Waals surface area (Å²) in [6, 6.07) is 11.5. The minimum absolute atomic E-state index is 0.0589. The van der Waals surface area contributed by atoms with Crippen molar-refractivity contribution < 1.29 is 14.7 Å². The summed E-state index contributed by atoms with van der Waals surface area (Å²) in [7, 11) is 0. The number of benzene rings is 1. The van der Waals surface area contributed by atoms with E-state index in [2.05, 4.69) is 25.9 Å². The van der Waals surface area contributed by atoms with Crippen LogP contribution < -0.4 is 0 Å². The van der Waals surface area contributed by atoms with E-state index in [0.29, 0.717) is 30.8 Å². The second kappa shape index (κ2) is 8.62. The Labute approximate surface area is 181 Å². The van der Waals surface area contributed by atoms with Crippen molar-refractivity contribution in [3.8, 4) is 0 Å². The molecular weight excluding hydrogens is 448 g/mol. The lowest BCUT2D eigenvalue weighted by Crippen LogP contribution is -2.31. The van der Waals surface area contributed by atoms with Crippen LogP contribution in [-0.4, -0.2) is 42.8 Å². The SMILES string of the molecule is O=C1C(=O)N(CCCn2ccnc2)C(c2ccccn2)/C1=C(/O)c1ccc(Br)cc1. The molecule has 4 rings (SSSR count). The number of Topliss-reactive ketones (excluding diaryl/α,β-unsaturated/α-hetero) is 1. The third-order valence-corrected chi connectivity index (χ3v) is 5.53. The van der Waals surface area contributed by atoms with E-state index < -0.39 is 17.7 Å². The zero-order valence-corrected chi connectivity index (χ0v) is 17.6. The molecule has 1 saturated heterocycles. The second-order valence-electron chi connectivity index (χ2n) is 6.91. The van der Waals surface area contributed by atoms with Gasteiger partial charge in [0, 0.05) is 41.7 Å². The zero-order valence-electron chi connectivity index (χ0n) is 16.0. The highest BCUT2D eigenvalue weighted by Crippen LogP contribution is 2.38. The zero-order chi connectivity index (χ0) is 21.1. The quantitative estimate of drug-likeness (QED) is 0.340. The second-order valence-corrected chi connectivity index (χ2v) is 7.82. The lowest BCUT2D eigenvalue weighted by atomic mass is 9.98. The number of amides is 1. The Balaban J connectivity index is 1.71. The molecule has 3 heterocycles. The van der Waals surface area contributed by atoms with Crippen molar-refractivity contribution in [2.75, 3.05) is 6.54 Å². The Morgan fingerprint density at radius 1 is 1.07 bits per heavy atom. The highest BCUT2D eigenvalue weighted by molar-refractivity contribution is 9.10. The number of aromatic nitrogens is 3. The first-order valence-electron chi connectivity index (χ1n) is 9.47. The van der Waals surface area contributed by atoms with E-state index in [1.807, 2.05) is 10.8 Å². The minimum Gasteiger partial charge on any atom is -0.507 e. The van der Waals surface area contributed by atoms with Crippen LogP contribution >= 0.6 is 15.9 Å². The summed E-state index contributed by atoms with van der Waals surface area (Å²) in [5.41, 5.74) is 1.07. The molecule has 0 spiro atoms. The highest BCUT2D eigenvalue weighted by Gasteiger charge is 2.46. The van der Waals surface area contributed by atoms with Crippen molar-refractivity contribution >= 4 is 33.4 Å². The molecule has 1 atom stereocenters. The van der Waals surface area contributed by atoms with Gasteiger partial charge in [0.2, 0.25) is 0 Å². The summed E-state index contributed by atoms with van der Waals surface area (Å²) in [5.74, 6) is -1.53. The van der Waals surface area contributed by atoms with Gasteiger partial charge < -0.3 is 14.6 Å². The molecule has 1 N–H and O–H groups in total. The summed E-state index contributed by atoms with van der Waals surface area (Å²) in [5, 5.41) is 10.9. The van der Waals surface area contributed by atoms with Gasteiger partial charge in [0.15, 0.2) is 0 Å². The van der Waals surface area contributed by atoms with Crippen molar-refractivity contribution in [2.24, 2.45) is 0 Å². The molecule has 8 heteroatoms. The third kappa shape index (κ3) is 3.91. The molecule has 3 aromatic rings. The van der Waals surface area contributed by atoms with E-state index >= 15 is 0 Å². The Kier molecular flexibility index (Phi) is 5.76. The molecule has 30 heavy (non-hydrogen) atoms. The van der Waals surface area contributed by atoms with Gasteiger partial charge in [-0.3, -0.25) is 14.6 Å². The van der Waals surface area contributed by atoms with Crippen LogP contribution in [0.25, 0.3) is 5.76 Å². The number of hydrogen-bond donors (Lipinski definition) is 1. The minimum atomic E-state index is -0.738. The Hall–Kier alpha value is -3.26. The molecule has 152 valence electrons. The predicted molar refractivity (Wildman–Crippen MR) is 114 cm³/mol. The predicted octanol–water partition coefficient (Wildman–Crippen LogP) is 3.55. The van der Waals surface area contributed by atoms with Crippen LogP contribution in [0.5, 0.6) is 0 Å². The number of carbonyl (C=O) groups is 2. The number of hydrogen-bond acceptors (Lipinski definition) is 5. The number of aryl methyl sites for hydroxylation is 1.